The zero-order chi connectivity index (χ0) is 19.9. The van der Waals surface area contributed by atoms with Crippen LogP contribution in [0, 0.1) is 0 Å². The molecule has 0 unspecified atom stereocenters. The minimum Gasteiger partial charge on any atom is -0.495 e. The van der Waals surface area contributed by atoms with Crippen LogP contribution in [0.15, 0.2) is 42.5 Å². The number of nitrogens with zero attached hydrogens (tertiary/aromatic N) is 1. The van der Waals surface area contributed by atoms with Gasteiger partial charge in [0.05, 0.1) is 19.3 Å². The van der Waals surface area contributed by atoms with Crippen molar-refractivity contribution < 1.29 is 19.0 Å². The molecule has 0 radical (unpaired) electrons. The van der Waals surface area contributed by atoms with E-state index >= 15 is 0 Å². The fourth-order valence-electron chi connectivity index (χ4n) is 2.78. The van der Waals surface area contributed by atoms with Gasteiger partial charge in [-0.25, -0.2) is 0 Å². The van der Waals surface area contributed by atoms with Crippen LogP contribution in [0.5, 0.6) is 17.2 Å². The molecule has 1 heterocycles. The molecule has 28 heavy (non-hydrogen) atoms. The van der Waals surface area contributed by atoms with E-state index in [-0.39, 0.29) is 19.2 Å². The van der Waals surface area contributed by atoms with E-state index in [9.17, 15) is 4.79 Å². The highest BCUT2D eigenvalue weighted by atomic mass is 32.1. The van der Waals surface area contributed by atoms with E-state index < -0.39 is 0 Å². The van der Waals surface area contributed by atoms with Crippen LogP contribution in [0.4, 0.5) is 5.69 Å². The second-order valence-electron chi connectivity index (χ2n) is 6.11. The van der Waals surface area contributed by atoms with Crippen molar-refractivity contribution in [3.8, 4) is 17.2 Å². The summed E-state index contributed by atoms with van der Waals surface area (Å²) in [4.78, 5) is 14.2. The highest BCUT2D eigenvalue weighted by Crippen LogP contribution is 2.32. The maximum atomic E-state index is 12.4. The summed E-state index contributed by atoms with van der Waals surface area (Å²) < 4.78 is 16.0. The number of carbonyl (C=O) groups is 1. The van der Waals surface area contributed by atoms with Gasteiger partial charge in [0.15, 0.2) is 16.6 Å². The molecule has 8 heteroatoms. The Balaban J connectivity index is 1.53. The predicted molar refractivity (Wildman–Crippen MR) is 111 cm³/mol. The van der Waals surface area contributed by atoms with E-state index in [1.807, 2.05) is 37.3 Å². The molecule has 2 aromatic carbocycles. The minimum absolute atomic E-state index is 0.140. The predicted octanol–water partition coefficient (Wildman–Crippen LogP) is 2.76. The molecule has 7 nitrogen and oxygen atoms in total. The molecule has 0 aromatic heterocycles. The first-order valence-corrected chi connectivity index (χ1v) is 9.35. The van der Waals surface area contributed by atoms with Gasteiger partial charge >= 0.3 is 0 Å². The summed E-state index contributed by atoms with van der Waals surface area (Å²) >= 11 is 5.46. The Bertz CT molecular complexity index is 859. The van der Waals surface area contributed by atoms with Crippen molar-refractivity contribution in [3.63, 3.8) is 0 Å². The van der Waals surface area contributed by atoms with Gasteiger partial charge in [0.25, 0.3) is 0 Å². The van der Waals surface area contributed by atoms with E-state index in [0.29, 0.717) is 29.6 Å². The van der Waals surface area contributed by atoms with E-state index in [4.69, 9.17) is 26.4 Å². The first kappa shape index (κ1) is 19.8. The van der Waals surface area contributed by atoms with Crippen LogP contribution in [-0.4, -0.2) is 42.9 Å². The van der Waals surface area contributed by atoms with Crippen LogP contribution >= 0.6 is 12.2 Å². The first-order valence-electron chi connectivity index (χ1n) is 8.95. The third-order valence-corrected chi connectivity index (χ3v) is 4.67. The number of amides is 1. The summed E-state index contributed by atoms with van der Waals surface area (Å²) in [6, 6.07) is 13.0. The lowest BCUT2D eigenvalue weighted by atomic mass is 10.2. The molecule has 2 aromatic rings. The van der Waals surface area contributed by atoms with Gasteiger partial charge in [-0.2, -0.15) is 0 Å². The molecule has 0 aliphatic carbocycles. The average molecular weight is 401 g/mol. The number of thiocarbonyl (C=S) groups is 1. The Morgan fingerprint density at radius 2 is 2.00 bits per heavy atom. The van der Waals surface area contributed by atoms with Gasteiger partial charge in [0.2, 0.25) is 12.7 Å². The number of carbonyl (C=O) groups excluding carboxylic acids is 1. The molecule has 1 amide bonds. The number of fused-ring (bicyclic) bond motifs is 1. The number of hydrogen-bond donors (Lipinski definition) is 2. The molecule has 0 atom stereocenters. The third kappa shape index (κ3) is 4.83. The zero-order valence-electron chi connectivity index (χ0n) is 15.9. The summed E-state index contributed by atoms with van der Waals surface area (Å²) in [5.41, 5.74) is 1.64. The van der Waals surface area contributed by atoms with E-state index in [2.05, 4.69) is 10.6 Å². The van der Waals surface area contributed by atoms with Crippen LogP contribution in [0.2, 0.25) is 0 Å². The fourth-order valence-corrected chi connectivity index (χ4v) is 3.04. The number of nitrogens with one attached hydrogen (secondary N) is 2. The molecule has 0 spiro atoms. The van der Waals surface area contributed by atoms with Crippen molar-refractivity contribution >= 4 is 28.9 Å². The maximum Gasteiger partial charge on any atom is 0.244 e. The maximum absolute atomic E-state index is 12.4. The standard InChI is InChI=1S/C20H23N3O4S/c1-3-23(12-19(24)22-15-6-4-5-7-16(15)25-2)20(28)21-11-14-8-9-17-18(10-14)27-13-26-17/h4-10H,3,11-13H2,1-2H3,(H,21,28)(H,22,24). The van der Waals surface area contributed by atoms with Gasteiger partial charge < -0.3 is 29.7 Å². The summed E-state index contributed by atoms with van der Waals surface area (Å²) in [5.74, 6) is 1.92. The van der Waals surface area contributed by atoms with Crippen molar-refractivity contribution in [2.45, 2.75) is 13.5 Å². The number of para-hydroxylation sites is 2. The molecule has 148 valence electrons. The Kier molecular flexibility index (Phi) is 6.54. The fraction of sp³-hybridized carbons (Fsp3) is 0.300. The van der Waals surface area contributed by atoms with Gasteiger partial charge in [-0.15, -0.1) is 0 Å². The summed E-state index contributed by atoms with van der Waals surface area (Å²) in [7, 11) is 1.57. The smallest absolute Gasteiger partial charge is 0.244 e. The summed E-state index contributed by atoms with van der Waals surface area (Å²) in [5, 5.41) is 6.56. The highest BCUT2D eigenvalue weighted by Gasteiger charge is 2.16. The minimum atomic E-state index is -0.168. The van der Waals surface area contributed by atoms with Crippen molar-refractivity contribution in [2.75, 3.05) is 32.3 Å². The van der Waals surface area contributed by atoms with Crippen molar-refractivity contribution in [1.29, 1.82) is 0 Å². The molecule has 0 saturated carbocycles. The Labute approximate surface area is 169 Å². The lowest BCUT2D eigenvalue weighted by molar-refractivity contribution is -0.116. The number of likely N-dealkylation sites (N-methyl/N-ethyl adjacent to an activating group) is 1. The molecule has 0 saturated heterocycles. The number of hydrogen-bond acceptors (Lipinski definition) is 5. The highest BCUT2D eigenvalue weighted by molar-refractivity contribution is 7.80. The topological polar surface area (TPSA) is 72.1 Å². The Hall–Kier alpha value is -3.00. The van der Waals surface area contributed by atoms with E-state index in [0.717, 1.165) is 17.1 Å². The second kappa shape index (κ2) is 9.27. The van der Waals surface area contributed by atoms with Crippen LogP contribution < -0.4 is 24.8 Å². The largest absolute Gasteiger partial charge is 0.495 e. The number of methoxy groups -OCH3 is 1. The number of ether oxygens (including phenoxy) is 3. The van der Waals surface area contributed by atoms with Gasteiger partial charge in [-0.05, 0) is 49.0 Å². The van der Waals surface area contributed by atoms with E-state index in [1.54, 1.807) is 24.1 Å². The lowest BCUT2D eigenvalue weighted by Gasteiger charge is -2.24. The van der Waals surface area contributed by atoms with Gasteiger partial charge in [0.1, 0.15) is 5.75 Å². The van der Waals surface area contributed by atoms with E-state index in [1.165, 1.54) is 0 Å². The van der Waals surface area contributed by atoms with Gasteiger partial charge in [0, 0.05) is 13.1 Å². The number of rotatable bonds is 7. The van der Waals surface area contributed by atoms with Crippen molar-refractivity contribution in [3.05, 3.63) is 48.0 Å². The quantitative estimate of drug-likeness (QED) is 0.691. The van der Waals surface area contributed by atoms with Gasteiger partial charge in [-0.3, -0.25) is 4.79 Å². The van der Waals surface area contributed by atoms with Crippen LogP contribution in [0.1, 0.15) is 12.5 Å². The first-order chi connectivity index (χ1) is 13.6. The van der Waals surface area contributed by atoms with Crippen LogP contribution in [-0.2, 0) is 11.3 Å². The van der Waals surface area contributed by atoms with Crippen molar-refractivity contribution in [1.82, 2.24) is 10.2 Å². The molecule has 2 N–H and O–H groups in total. The third-order valence-electron chi connectivity index (χ3n) is 4.27. The zero-order valence-corrected chi connectivity index (χ0v) is 16.7. The molecule has 1 aliphatic rings. The number of benzene rings is 2. The molecular weight excluding hydrogens is 378 g/mol. The summed E-state index contributed by atoms with van der Waals surface area (Å²) in [6.07, 6.45) is 0. The van der Waals surface area contributed by atoms with Crippen LogP contribution in [0.3, 0.4) is 0 Å². The molecule has 3 rings (SSSR count). The monoisotopic (exact) mass is 401 g/mol. The molecular formula is C20H23N3O4S. The average Bonchev–Trinajstić information content (AvgIpc) is 3.18. The Morgan fingerprint density at radius 3 is 2.79 bits per heavy atom. The normalized spacial score (nSPS) is 11.6. The molecule has 0 bridgehead atoms. The molecule has 0 fully saturated rings. The Morgan fingerprint density at radius 1 is 1.21 bits per heavy atom. The lowest BCUT2D eigenvalue weighted by Crippen LogP contribution is -2.43. The molecule has 1 aliphatic heterocycles. The van der Waals surface area contributed by atoms with Crippen molar-refractivity contribution in [2.24, 2.45) is 0 Å². The van der Waals surface area contributed by atoms with Crippen LogP contribution in [0.25, 0.3) is 0 Å². The second-order valence-corrected chi connectivity index (χ2v) is 6.50. The van der Waals surface area contributed by atoms with Gasteiger partial charge in [-0.1, -0.05) is 18.2 Å². The number of anilines is 1. The SMILES string of the molecule is CCN(CC(=O)Nc1ccccc1OC)C(=S)NCc1ccc2c(c1)OCO2. The summed E-state index contributed by atoms with van der Waals surface area (Å²) in [6.45, 7) is 3.47.